The minimum atomic E-state index is -3.63. The summed E-state index contributed by atoms with van der Waals surface area (Å²) >= 11 is 0. The zero-order valence-corrected chi connectivity index (χ0v) is 21.8. The number of carbonyl (C=O) groups excluding carboxylic acids is 1. The summed E-state index contributed by atoms with van der Waals surface area (Å²) in [6.07, 6.45) is 1.27. The van der Waals surface area contributed by atoms with Gasteiger partial charge in [0.15, 0.2) is 0 Å². The van der Waals surface area contributed by atoms with Crippen molar-refractivity contribution in [2.24, 2.45) is 11.8 Å². The predicted octanol–water partition coefficient (Wildman–Crippen LogP) is 3.50. The van der Waals surface area contributed by atoms with Crippen LogP contribution in [0.3, 0.4) is 0 Å². The van der Waals surface area contributed by atoms with Crippen LogP contribution in [0.2, 0.25) is 0 Å². The second-order valence-corrected chi connectivity index (χ2v) is 12.2. The Bertz CT molecular complexity index is 1130. The standard InChI is InChI=1S/C27H37N3O4S/c1-20-12-21(2)17-30(16-20)35(32,33)26-9-5-8-25(14-26)27(31)28-15-23-6-4-7-24(13-23)19-29-10-11-34-22(3)18-29/h4-9,13-14,20-22H,10-12,15-19H2,1-3H3,(H,28,31). The SMILES string of the molecule is CC1CC(C)CN(S(=O)(=O)c2cccc(C(=O)NCc3cccc(CN4CCOC(C)C4)c3)c2)C1. The number of rotatable bonds is 7. The largest absolute Gasteiger partial charge is 0.376 e. The molecule has 190 valence electrons. The molecule has 0 spiro atoms. The van der Waals surface area contributed by atoms with Crippen molar-refractivity contribution < 1.29 is 17.9 Å². The van der Waals surface area contributed by atoms with Gasteiger partial charge in [0.2, 0.25) is 10.0 Å². The molecule has 0 aromatic heterocycles. The van der Waals surface area contributed by atoms with E-state index in [2.05, 4.69) is 43.1 Å². The van der Waals surface area contributed by atoms with Gasteiger partial charge < -0.3 is 10.1 Å². The van der Waals surface area contributed by atoms with Crippen molar-refractivity contribution in [1.29, 1.82) is 0 Å². The van der Waals surface area contributed by atoms with Crippen LogP contribution in [0.25, 0.3) is 0 Å². The van der Waals surface area contributed by atoms with Crippen LogP contribution in [0.15, 0.2) is 53.4 Å². The first-order valence-electron chi connectivity index (χ1n) is 12.5. The minimum Gasteiger partial charge on any atom is -0.376 e. The normalized spacial score (nSPS) is 24.3. The number of nitrogens with one attached hydrogen (secondary N) is 1. The molecule has 0 bridgehead atoms. The molecule has 4 rings (SSSR count). The number of sulfonamides is 1. The van der Waals surface area contributed by atoms with Gasteiger partial charge >= 0.3 is 0 Å². The van der Waals surface area contributed by atoms with Crippen LogP contribution in [0.1, 0.15) is 48.7 Å². The Morgan fingerprint density at radius 2 is 1.71 bits per heavy atom. The molecule has 8 heteroatoms. The van der Waals surface area contributed by atoms with E-state index in [9.17, 15) is 13.2 Å². The highest BCUT2D eigenvalue weighted by Crippen LogP contribution is 2.27. The molecule has 2 aromatic carbocycles. The third-order valence-electron chi connectivity index (χ3n) is 6.75. The van der Waals surface area contributed by atoms with Gasteiger partial charge in [-0.25, -0.2) is 8.42 Å². The van der Waals surface area contributed by atoms with E-state index in [1.807, 2.05) is 12.1 Å². The van der Waals surface area contributed by atoms with Crippen molar-refractivity contribution in [3.63, 3.8) is 0 Å². The van der Waals surface area contributed by atoms with Crippen LogP contribution in [0.4, 0.5) is 0 Å². The van der Waals surface area contributed by atoms with Gasteiger partial charge in [0.1, 0.15) is 0 Å². The van der Waals surface area contributed by atoms with Crippen molar-refractivity contribution in [1.82, 2.24) is 14.5 Å². The fourth-order valence-electron chi connectivity index (χ4n) is 5.16. The highest BCUT2D eigenvalue weighted by atomic mass is 32.2. The van der Waals surface area contributed by atoms with Gasteiger partial charge in [0.05, 0.1) is 17.6 Å². The number of carbonyl (C=O) groups is 1. The zero-order valence-electron chi connectivity index (χ0n) is 20.9. The molecule has 0 saturated carbocycles. The van der Waals surface area contributed by atoms with Gasteiger partial charge in [-0.3, -0.25) is 9.69 Å². The fourth-order valence-corrected chi connectivity index (χ4v) is 6.89. The van der Waals surface area contributed by atoms with Gasteiger partial charge in [0, 0.05) is 44.8 Å². The third kappa shape index (κ3) is 6.70. The monoisotopic (exact) mass is 499 g/mol. The number of ether oxygens (including phenoxy) is 1. The molecular weight excluding hydrogens is 462 g/mol. The molecule has 3 atom stereocenters. The average molecular weight is 500 g/mol. The predicted molar refractivity (Wildman–Crippen MR) is 136 cm³/mol. The van der Waals surface area contributed by atoms with Gasteiger partial charge in [-0.1, -0.05) is 44.2 Å². The summed E-state index contributed by atoms with van der Waals surface area (Å²) in [6.45, 7) is 11.1. The number of hydrogen-bond acceptors (Lipinski definition) is 5. The number of hydrogen-bond donors (Lipinski definition) is 1. The topological polar surface area (TPSA) is 79.0 Å². The van der Waals surface area contributed by atoms with E-state index in [1.165, 1.54) is 11.6 Å². The Kier molecular flexibility index (Phi) is 8.27. The number of benzene rings is 2. The van der Waals surface area contributed by atoms with Crippen molar-refractivity contribution in [2.75, 3.05) is 32.8 Å². The molecule has 0 aliphatic carbocycles. The lowest BCUT2D eigenvalue weighted by Gasteiger charge is -2.34. The van der Waals surface area contributed by atoms with Crippen LogP contribution in [0, 0.1) is 11.8 Å². The summed E-state index contributed by atoms with van der Waals surface area (Å²) in [5.74, 6) is 0.361. The Balaban J connectivity index is 1.39. The molecule has 2 saturated heterocycles. The molecule has 2 heterocycles. The molecular formula is C27H37N3O4S. The summed E-state index contributed by atoms with van der Waals surface area (Å²) in [5, 5.41) is 2.94. The maximum atomic E-state index is 13.2. The third-order valence-corrected chi connectivity index (χ3v) is 8.57. The van der Waals surface area contributed by atoms with E-state index >= 15 is 0 Å². The van der Waals surface area contributed by atoms with Crippen molar-refractivity contribution in [2.45, 2.75) is 51.3 Å². The molecule has 35 heavy (non-hydrogen) atoms. The summed E-state index contributed by atoms with van der Waals surface area (Å²) in [7, 11) is -3.63. The fraction of sp³-hybridized carbons (Fsp3) is 0.519. The first kappa shape index (κ1) is 25.8. The van der Waals surface area contributed by atoms with E-state index in [-0.39, 0.29) is 16.9 Å². The smallest absolute Gasteiger partial charge is 0.251 e. The molecule has 2 fully saturated rings. The van der Waals surface area contributed by atoms with E-state index in [4.69, 9.17) is 4.74 Å². The number of morpholine rings is 1. The van der Waals surface area contributed by atoms with E-state index in [0.29, 0.717) is 37.0 Å². The minimum absolute atomic E-state index is 0.174. The second kappa shape index (κ2) is 11.2. The molecule has 2 aliphatic rings. The lowest BCUT2D eigenvalue weighted by atomic mass is 9.94. The molecule has 7 nitrogen and oxygen atoms in total. The highest BCUT2D eigenvalue weighted by molar-refractivity contribution is 7.89. The van der Waals surface area contributed by atoms with E-state index < -0.39 is 10.0 Å². The quantitative estimate of drug-likeness (QED) is 0.631. The Morgan fingerprint density at radius 3 is 2.46 bits per heavy atom. The van der Waals surface area contributed by atoms with Gasteiger partial charge in [-0.05, 0) is 54.5 Å². The average Bonchev–Trinajstić information content (AvgIpc) is 2.82. The van der Waals surface area contributed by atoms with Crippen molar-refractivity contribution in [3.8, 4) is 0 Å². The van der Waals surface area contributed by atoms with Gasteiger partial charge in [-0.2, -0.15) is 4.31 Å². The lowest BCUT2D eigenvalue weighted by Crippen LogP contribution is -2.42. The molecule has 1 amide bonds. The molecule has 0 radical (unpaired) electrons. The Labute approximate surface area is 209 Å². The van der Waals surface area contributed by atoms with Crippen molar-refractivity contribution in [3.05, 3.63) is 65.2 Å². The highest BCUT2D eigenvalue weighted by Gasteiger charge is 2.32. The molecule has 1 N–H and O–H groups in total. The molecule has 3 unspecified atom stereocenters. The molecule has 2 aromatic rings. The first-order valence-corrected chi connectivity index (χ1v) is 13.9. The van der Waals surface area contributed by atoms with Gasteiger partial charge in [-0.15, -0.1) is 0 Å². The second-order valence-electron chi connectivity index (χ2n) is 10.2. The van der Waals surface area contributed by atoms with Gasteiger partial charge in [0.25, 0.3) is 5.91 Å². The van der Waals surface area contributed by atoms with E-state index in [1.54, 1.807) is 22.5 Å². The number of amides is 1. The van der Waals surface area contributed by atoms with Crippen LogP contribution < -0.4 is 5.32 Å². The van der Waals surface area contributed by atoms with Crippen LogP contribution in [-0.2, 0) is 27.8 Å². The summed E-state index contributed by atoms with van der Waals surface area (Å²) in [5.41, 5.74) is 2.56. The summed E-state index contributed by atoms with van der Waals surface area (Å²) in [4.78, 5) is 15.4. The summed E-state index contributed by atoms with van der Waals surface area (Å²) in [6, 6.07) is 14.6. The Hall–Kier alpha value is -2.26. The Morgan fingerprint density at radius 1 is 1.00 bits per heavy atom. The lowest BCUT2D eigenvalue weighted by molar-refractivity contribution is -0.0212. The first-order chi connectivity index (χ1) is 16.7. The number of piperidine rings is 1. The van der Waals surface area contributed by atoms with Crippen LogP contribution >= 0.6 is 0 Å². The maximum absolute atomic E-state index is 13.2. The maximum Gasteiger partial charge on any atom is 0.251 e. The number of nitrogens with zero attached hydrogens (tertiary/aromatic N) is 2. The van der Waals surface area contributed by atoms with Crippen LogP contribution in [-0.4, -0.2) is 62.4 Å². The van der Waals surface area contributed by atoms with Crippen molar-refractivity contribution >= 4 is 15.9 Å². The zero-order chi connectivity index (χ0) is 25.0. The van der Waals surface area contributed by atoms with E-state index in [0.717, 1.165) is 38.2 Å². The van der Waals surface area contributed by atoms with Crippen LogP contribution in [0.5, 0.6) is 0 Å². The summed E-state index contributed by atoms with van der Waals surface area (Å²) < 4.78 is 33.7. The molecule has 2 aliphatic heterocycles.